The quantitative estimate of drug-likeness (QED) is 0.948. The van der Waals surface area contributed by atoms with Crippen molar-refractivity contribution >= 4 is 17.3 Å². The third kappa shape index (κ3) is 2.96. The molecule has 1 aromatic heterocycles. The molecule has 1 fully saturated rings. The summed E-state index contributed by atoms with van der Waals surface area (Å²) in [7, 11) is 0. The highest BCUT2D eigenvalue weighted by Crippen LogP contribution is 2.23. The first-order valence-electron chi connectivity index (χ1n) is 7.02. The smallest absolute Gasteiger partial charge is 0.274 e. The second-order valence-corrected chi connectivity index (χ2v) is 5.67. The molecule has 1 saturated heterocycles. The van der Waals surface area contributed by atoms with E-state index in [0.717, 1.165) is 30.7 Å². The van der Waals surface area contributed by atoms with Crippen molar-refractivity contribution in [1.82, 2.24) is 4.57 Å². The van der Waals surface area contributed by atoms with Gasteiger partial charge in [0, 0.05) is 11.6 Å². The molecule has 3 rings (SSSR count). The number of rotatable bonds is 3. The molecule has 1 aliphatic rings. The summed E-state index contributed by atoms with van der Waals surface area (Å²) >= 11 is 5.92. The van der Waals surface area contributed by atoms with E-state index in [1.54, 1.807) is 10.6 Å². The van der Waals surface area contributed by atoms with E-state index in [2.05, 4.69) is 0 Å². The standard InChI is InChI=1S/C16H17ClN2O2/c17-12-5-3-11(4-6-12)15-8-7-14(18)16(20)19(15)10-13-2-1-9-21-13/h3-8,13H,1-2,9-10,18H2. The average Bonchev–Trinajstić information content (AvgIpc) is 2.98. The molecule has 5 heteroatoms. The maximum atomic E-state index is 12.4. The van der Waals surface area contributed by atoms with Crippen molar-refractivity contribution in [3.8, 4) is 11.3 Å². The van der Waals surface area contributed by atoms with E-state index in [1.807, 2.05) is 30.3 Å². The van der Waals surface area contributed by atoms with Gasteiger partial charge in [-0.3, -0.25) is 4.79 Å². The monoisotopic (exact) mass is 304 g/mol. The van der Waals surface area contributed by atoms with Crippen molar-refractivity contribution in [2.45, 2.75) is 25.5 Å². The molecule has 4 nitrogen and oxygen atoms in total. The lowest BCUT2D eigenvalue weighted by molar-refractivity contribution is 0.0966. The van der Waals surface area contributed by atoms with Crippen LogP contribution in [0.25, 0.3) is 11.3 Å². The van der Waals surface area contributed by atoms with Gasteiger partial charge in [-0.1, -0.05) is 23.7 Å². The van der Waals surface area contributed by atoms with Gasteiger partial charge in [0.15, 0.2) is 0 Å². The molecule has 1 aliphatic heterocycles. The van der Waals surface area contributed by atoms with Crippen molar-refractivity contribution in [1.29, 1.82) is 0 Å². The Morgan fingerprint density at radius 3 is 2.67 bits per heavy atom. The minimum absolute atomic E-state index is 0.0792. The highest BCUT2D eigenvalue weighted by Gasteiger charge is 2.19. The molecule has 0 spiro atoms. The van der Waals surface area contributed by atoms with Gasteiger partial charge in [0.2, 0.25) is 0 Å². The van der Waals surface area contributed by atoms with E-state index in [0.29, 0.717) is 11.6 Å². The fourth-order valence-electron chi connectivity index (χ4n) is 2.64. The number of anilines is 1. The lowest BCUT2D eigenvalue weighted by atomic mass is 10.1. The van der Waals surface area contributed by atoms with Crippen LogP contribution < -0.4 is 11.3 Å². The summed E-state index contributed by atoms with van der Waals surface area (Å²) in [6.45, 7) is 1.29. The zero-order valence-electron chi connectivity index (χ0n) is 11.6. The molecule has 0 radical (unpaired) electrons. The Kier molecular flexibility index (Phi) is 3.99. The fourth-order valence-corrected chi connectivity index (χ4v) is 2.77. The first-order valence-corrected chi connectivity index (χ1v) is 7.40. The number of aromatic nitrogens is 1. The number of halogens is 1. The molecule has 1 atom stereocenters. The zero-order valence-corrected chi connectivity index (χ0v) is 12.3. The van der Waals surface area contributed by atoms with Crippen LogP contribution in [0.4, 0.5) is 5.69 Å². The second kappa shape index (κ2) is 5.92. The van der Waals surface area contributed by atoms with Crippen molar-refractivity contribution in [2.24, 2.45) is 0 Å². The number of hydrogen-bond acceptors (Lipinski definition) is 3. The molecule has 0 amide bonds. The van der Waals surface area contributed by atoms with E-state index in [9.17, 15) is 4.79 Å². The van der Waals surface area contributed by atoms with Gasteiger partial charge in [0.1, 0.15) is 0 Å². The highest BCUT2D eigenvalue weighted by atomic mass is 35.5. The number of nitrogen functional groups attached to an aromatic ring is 1. The lowest BCUT2D eigenvalue weighted by Gasteiger charge is -2.17. The molecule has 0 bridgehead atoms. The number of hydrogen-bond donors (Lipinski definition) is 1. The molecule has 2 heterocycles. The Morgan fingerprint density at radius 1 is 1.24 bits per heavy atom. The highest BCUT2D eigenvalue weighted by molar-refractivity contribution is 6.30. The van der Waals surface area contributed by atoms with Crippen LogP contribution in [-0.4, -0.2) is 17.3 Å². The van der Waals surface area contributed by atoms with Crippen molar-refractivity contribution < 1.29 is 4.74 Å². The predicted molar refractivity (Wildman–Crippen MR) is 84.5 cm³/mol. The largest absolute Gasteiger partial charge is 0.394 e. The normalized spacial score (nSPS) is 18.0. The SMILES string of the molecule is Nc1ccc(-c2ccc(Cl)cc2)n(CC2CCCO2)c1=O. The minimum atomic E-state index is -0.169. The van der Waals surface area contributed by atoms with Gasteiger partial charge < -0.3 is 15.0 Å². The van der Waals surface area contributed by atoms with Crippen LogP contribution in [0, 0.1) is 0 Å². The maximum absolute atomic E-state index is 12.4. The van der Waals surface area contributed by atoms with Crippen LogP contribution >= 0.6 is 11.6 Å². The van der Waals surface area contributed by atoms with Gasteiger partial charge in [0.25, 0.3) is 5.56 Å². The first kappa shape index (κ1) is 14.2. The summed E-state index contributed by atoms with van der Waals surface area (Å²) in [4.78, 5) is 12.4. The molecule has 1 unspecified atom stereocenters. The summed E-state index contributed by atoms with van der Waals surface area (Å²) in [5, 5.41) is 0.669. The van der Waals surface area contributed by atoms with Gasteiger partial charge in [0.05, 0.1) is 24.0 Å². The molecule has 2 aromatic rings. The van der Waals surface area contributed by atoms with Crippen LogP contribution in [0.3, 0.4) is 0 Å². The fraction of sp³-hybridized carbons (Fsp3) is 0.312. The molecular weight excluding hydrogens is 288 g/mol. The molecule has 110 valence electrons. The summed E-state index contributed by atoms with van der Waals surface area (Å²) in [5.41, 5.74) is 7.63. The number of benzene rings is 1. The van der Waals surface area contributed by atoms with E-state index in [-0.39, 0.29) is 17.4 Å². The Hall–Kier alpha value is -1.78. The maximum Gasteiger partial charge on any atom is 0.274 e. The summed E-state index contributed by atoms with van der Waals surface area (Å²) in [6.07, 6.45) is 2.09. The molecule has 1 aromatic carbocycles. The number of nitrogens with two attached hydrogens (primary N) is 1. The summed E-state index contributed by atoms with van der Waals surface area (Å²) < 4.78 is 7.34. The third-order valence-corrected chi connectivity index (χ3v) is 4.01. The van der Waals surface area contributed by atoms with E-state index in [1.165, 1.54) is 0 Å². The van der Waals surface area contributed by atoms with E-state index >= 15 is 0 Å². The Labute approximate surface area is 128 Å². The molecule has 2 N–H and O–H groups in total. The van der Waals surface area contributed by atoms with Crippen LogP contribution in [0.5, 0.6) is 0 Å². The molecule has 0 aliphatic carbocycles. The predicted octanol–water partition coefficient (Wildman–Crippen LogP) is 2.93. The lowest BCUT2D eigenvalue weighted by Crippen LogP contribution is -2.29. The number of ether oxygens (including phenoxy) is 1. The van der Waals surface area contributed by atoms with Crippen molar-refractivity contribution in [2.75, 3.05) is 12.3 Å². The second-order valence-electron chi connectivity index (χ2n) is 5.23. The van der Waals surface area contributed by atoms with Crippen molar-refractivity contribution in [3.05, 3.63) is 51.8 Å². The Balaban J connectivity index is 2.04. The molecule has 0 saturated carbocycles. The van der Waals surface area contributed by atoms with Gasteiger partial charge in [-0.2, -0.15) is 0 Å². The van der Waals surface area contributed by atoms with Crippen LogP contribution in [0.15, 0.2) is 41.2 Å². The summed E-state index contributed by atoms with van der Waals surface area (Å²) in [6, 6.07) is 11.0. The summed E-state index contributed by atoms with van der Waals surface area (Å²) in [5.74, 6) is 0. The van der Waals surface area contributed by atoms with Gasteiger partial charge in [-0.25, -0.2) is 0 Å². The topological polar surface area (TPSA) is 57.2 Å². The Bertz CT molecular complexity index is 688. The molecule has 21 heavy (non-hydrogen) atoms. The zero-order chi connectivity index (χ0) is 14.8. The van der Waals surface area contributed by atoms with Gasteiger partial charge >= 0.3 is 0 Å². The first-order chi connectivity index (χ1) is 10.1. The van der Waals surface area contributed by atoms with Gasteiger partial charge in [-0.05, 0) is 42.7 Å². The van der Waals surface area contributed by atoms with E-state index < -0.39 is 0 Å². The number of nitrogens with zero attached hydrogens (tertiary/aromatic N) is 1. The third-order valence-electron chi connectivity index (χ3n) is 3.75. The van der Waals surface area contributed by atoms with Crippen LogP contribution in [0.1, 0.15) is 12.8 Å². The average molecular weight is 305 g/mol. The van der Waals surface area contributed by atoms with Crippen LogP contribution in [-0.2, 0) is 11.3 Å². The minimum Gasteiger partial charge on any atom is -0.394 e. The van der Waals surface area contributed by atoms with Crippen molar-refractivity contribution in [3.63, 3.8) is 0 Å². The Morgan fingerprint density at radius 2 is 2.00 bits per heavy atom. The van der Waals surface area contributed by atoms with E-state index in [4.69, 9.17) is 22.1 Å². The number of pyridine rings is 1. The molecular formula is C16H17ClN2O2. The van der Waals surface area contributed by atoms with Crippen LogP contribution in [0.2, 0.25) is 5.02 Å². The van der Waals surface area contributed by atoms with Gasteiger partial charge in [-0.15, -0.1) is 0 Å².